The van der Waals surface area contributed by atoms with Crippen LogP contribution < -0.4 is 4.74 Å². The lowest BCUT2D eigenvalue weighted by Gasteiger charge is -2.06. The summed E-state index contributed by atoms with van der Waals surface area (Å²) in [5.41, 5.74) is 1.22. The molecule has 0 unspecified atom stereocenters. The van der Waals surface area contributed by atoms with E-state index in [0.29, 0.717) is 16.8 Å². The van der Waals surface area contributed by atoms with E-state index >= 15 is 0 Å². The van der Waals surface area contributed by atoms with Crippen LogP contribution in [0.2, 0.25) is 0 Å². The maximum absolute atomic E-state index is 10.8. The molecule has 0 aliphatic carbocycles. The Morgan fingerprint density at radius 3 is 2.76 bits per heavy atom. The number of aromatic nitrogens is 2. The monoisotopic (exact) mass is 285 g/mol. The molecule has 7 heteroatoms. The number of hydrogen-bond donors (Lipinski definition) is 1. The summed E-state index contributed by atoms with van der Waals surface area (Å²) < 4.78 is 6.07. The molecule has 1 N–H and O–H groups in total. The van der Waals surface area contributed by atoms with Gasteiger partial charge in [-0.15, -0.1) is 0 Å². The van der Waals surface area contributed by atoms with Gasteiger partial charge in [0.1, 0.15) is 11.3 Å². The minimum atomic E-state index is -0.519. The summed E-state index contributed by atoms with van der Waals surface area (Å²) in [6, 6.07) is 11.2. The van der Waals surface area contributed by atoms with Crippen LogP contribution in [0.15, 0.2) is 42.5 Å². The van der Waals surface area contributed by atoms with Gasteiger partial charge >= 0.3 is 0 Å². The SMILES string of the molecule is COc1ccccc1-c1nc2ccc([N+](=O)[O-])cc2n1O. The molecule has 0 fully saturated rings. The van der Waals surface area contributed by atoms with E-state index in [4.69, 9.17) is 4.74 Å². The van der Waals surface area contributed by atoms with E-state index in [2.05, 4.69) is 4.98 Å². The maximum Gasteiger partial charge on any atom is 0.271 e. The van der Waals surface area contributed by atoms with Gasteiger partial charge in [-0.1, -0.05) is 12.1 Å². The third kappa shape index (κ3) is 2.04. The molecule has 1 aromatic heterocycles. The lowest BCUT2D eigenvalue weighted by atomic mass is 10.2. The van der Waals surface area contributed by atoms with Crippen LogP contribution in [0.3, 0.4) is 0 Å². The van der Waals surface area contributed by atoms with E-state index in [1.807, 2.05) is 0 Å². The Balaban J connectivity index is 2.25. The standard InChI is InChI=1S/C14H11N3O4/c1-21-13-5-3-2-4-10(13)14-15-11-7-6-9(17(19)20)8-12(11)16(14)18/h2-8,18H,1H3. The molecular formula is C14H11N3O4. The highest BCUT2D eigenvalue weighted by Gasteiger charge is 2.17. The highest BCUT2D eigenvalue weighted by atomic mass is 16.6. The first kappa shape index (κ1) is 12.9. The molecule has 0 bridgehead atoms. The Bertz CT molecular complexity index is 841. The van der Waals surface area contributed by atoms with Crippen molar-refractivity contribution in [2.75, 3.05) is 7.11 Å². The molecule has 0 spiro atoms. The zero-order valence-electron chi connectivity index (χ0n) is 11.1. The van der Waals surface area contributed by atoms with E-state index in [0.717, 1.165) is 4.73 Å². The summed E-state index contributed by atoms with van der Waals surface area (Å²) in [4.78, 5) is 14.6. The molecule has 2 aromatic carbocycles. The second kappa shape index (κ2) is 4.78. The number of nitro groups is 1. The van der Waals surface area contributed by atoms with E-state index in [1.165, 1.54) is 25.3 Å². The minimum Gasteiger partial charge on any atom is -0.496 e. The van der Waals surface area contributed by atoms with Gasteiger partial charge in [-0.3, -0.25) is 10.1 Å². The van der Waals surface area contributed by atoms with Crippen LogP contribution in [-0.2, 0) is 0 Å². The second-order valence-corrected chi connectivity index (χ2v) is 4.38. The predicted molar refractivity (Wildman–Crippen MR) is 75.6 cm³/mol. The summed E-state index contributed by atoms with van der Waals surface area (Å²) in [6.07, 6.45) is 0. The molecule has 0 atom stereocenters. The topological polar surface area (TPSA) is 90.4 Å². The molecule has 3 rings (SSSR count). The third-order valence-electron chi connectivity index (χ3n) is 3.17. The fraction of sp³-hybridized carbons (Fsp3) is 0.0714. The Labute approximate surface area is 119 Å². The number of imidazole rings is 1. The van der Waals surface area contributed by atoms with Gasteiger partial charge < -0.3 is 9.94 Å². The Morgan fingerprint density at radius 2 is 2.05 bits per heavy atom. The second-order valence-electron chi connectivity index (χ2n) is 4.38. The summed E-state index contributed by atoms with van der Waals surface area (Å²) in [5, 5.41) is 21.1. The van der Waals surface area contributed by atoms with Crippen molar-refractivity contribution < 1.29 is 14.9 Å². The van der Waals surface area contributed by atoms with Crippen LogP contribution in [0.25, 0.3) is 22.4 Å². The van der Waals surface area contributed by atoms with Gasteiger partial charge in [0.05, 0.1) is 23.1 Å². The van der Waals surface area contributed by atoms with Crippen molar-refractivity contribution in [3.8, 4) is 17.1 Å². The molecule has 0 aliphatic heterocycles. The van der Waals surface area contributed by atoms with Crippen molar-refractivity contribution in [2.45, 2.75) is 0 Å². The number of non-ortho nitro benzene ring substituents is 1. The van der Waals surface area contributed by atoms with Gasteiger partial charge in [0.15, 0.2) is 5.82 Å². The summed E-state index contributed by atoms with van der Waals surface area (Å²) >= 11 is 0. The molecule has 21 heavy (non-hydrogen) atoms. The number of hydrogen-bond acceptors (Lipinski definition) is 5. The van der Waals surface area contributed by atoms with Crippen LogP contribution in [-0.4, -0.2) is 27.0 Å². The number of rotatable bonds is 3. The van der Waals surface area contributed by atoms with Crippen LogP contribution in [0.4, 0.5) is 5.69 Å². The largest absolute Gasteiger partial charge is 0.496 e. The first-order valence-corrected chi connectivity index (χ1v) is 6.11. The normalized spacial score (nSPS) is 10.7. The van der Waals surface area contributed by atoms with Crippen molar-refractivity contribution in [3.63, 3.8) is 0 Å². The van der Waals surface area contributed by atoms with Gasteiger partial charge in [0, 0.05) is 12.1 Å². The molecule has 3 aromatic rings. The molecule has 7 nitrogen and oxygen atoms in total. The Kier molecular flexibility index (Phi) is 2.94. The van der Waals surface area contributed by atoms with Gasteiger partial charge in [-0.25, -0.2) is 4.98 Å². The average molecular weight is 285 g/mol. The molecular weight excluding hydrogens is 274 g/mol. The number of methoxy groups -OCH3 is 1. The lowest BCUT2D eigenvalue weighted by Crippen LogP contribution is -1.96. The van der Waals surface area contributed by atoms with Crippen molar-refractivity contribution in [3.05, 3.63) is 52.6 Å². The number of nitro benzene ring substituents is 1. The number of ether oxygens (including phenoxy) is 1. The van der Waals surface area contributed by atoms with Crippen molar-refractivity contribution in [1.29, 1.82) is 0 Å². The molecule has 0 saturated heterocycles. The Hall–Kier alpha value is -3.09. The molecule has 0 saturated carbocycles. The third-order valence-corrected chi connectivity index (χ3v) is 3.17. The minimum absolute atomic E-state index is 0.107. The van der Waals surface area contributed by atoms with E-state index in [-0.39, 0.29) is 17.0 Å². The van der Waals surface area contributed by atoms with Crippen molar-refractivity contribution in [1.82, 2.24) is 9.71 Å². The van der Waals surface area contributed by atoms with Crippen LogP contribution in [0, 0.1) is 10.1 Å². The van der Waals surface area contributed by atoms with Gasteiger partial charge in [0.25, 0.3) is 5.69 Å². The number of benzene rings is 2. The van der Waals surface area contributed by atoms with E-state index in [1.54, 1.807) is 24.3 Å². The highest BCUT2D eigenvalue weighted by Crippen LogP contribution is 2.31. The summed E-state index contributed by atoms with van der Waals surface area (Å²) in [7, 11) is 1.52. The molecule has 0 radical (unpaired) electrons. The van der Waals surface area contributed by atoms with Gasteiger partial charge in [0.2, 0.25) is 0 Å². The predicted octanol–water partition coefficient (Wildman–Crippen LogP) is 2.86. The molecule has 106 valence electrons. The van der Waals surface area contributed by atoms with Gasteiger partial charge in [-0.05, 0) is 18.2 Å². The molecule has 1 heterocycles. The fourth-order valence-electron chi connectivity index (χ4n) is 2.17. The Morgan fingerprint density at radius 1 is 1.29 bits per heavy atom. The number of para-hydroxylation sites is 1. The summed E-state index contributed by atoms with van der Waals surface area (Å²) in [6.45, 7) is 0. The number of fused-ring (bicyclic) bond motifs is 1. The smallest absolute Gasteiger partial charge is 0.271 e. The fourth-order valence-corrected chi connectivity index (χ4v) is 2.17. The first-order chi connectivity index (χ1) is 10.1. The van der Waals surface area contributed by atoms with Gasteiger partial charge in [-0.2, -0.15) is 4.73 Å². The van der Waals surface area contributed by atoms with E-state index < -0.39 is 4.92 Å². The average Bonchev–Trinajstić information content (AvgIpc) is 2.83. The zero-order valence-corrected chi connectivity index (χ0v) is 11.1. The van der Waals surface area contributed by atoms with E-state index in [9.17, 15) is 15.3 Å². The zero-order chi connectivity index (χ0) is 15.0. The maximum atomic E-state index is 10.8. The molecule has 0 amide bonds. The van der Waals surface area contributed by atoms with Crippen molar-refractivity contribution >= 4 is 16.7 Å². The van der Waals surface area contributed by atoms with Crippen LogP contribution >= 0.6 is 0 Å². The highest BCUT2D eigenvalue weighted by molar-refractivity contribution is 5.83. The molecule has 0 aliphatic rings. The lowest BCUT2D eigenvalue weighted by molar-refractivity contribution is -0.384. The van der Waals surface area contributed by atoms with Crippen molar-refractivity contribution in [2.24, 2.45) is 0 Å². The quantitative estimate of drug-likeness (QED) is 0.454. The number of nitrogens with zero attached hydrogens (tertiary/aromatic N) is 3. The van der Waals surface area contributed by atoms with Crippen LogP contribution in [0.1, 0.15) is 0 Å². The first-order valence-electron chi connectivity index (χ1n) is 6.11. The van der Waals surface area contributed by atoms with Crippen LogP contribution in [0.5, 0.6) is 5.75 Å². The summed E-state index contributed by atoms with van der Waals surface area (Å²) in [5.74, 6) is 0.820.